The summed E-state index contributed by atoms with van der Waals surface area (Å²) in [7, 11) is 0. The summed E-state index contributed by atoms with van der Waals surface area (Å²) < 4.78 is 5.48. The highest BCUT2D eigenvalue weighted by Gasteiger charge is 2.30. The van der Waals surface area contributed by atoms with E-state index in [0.29, 0.717) is 19.6 Å². The number of nitrogens with zero attached hydrogens (tertiary/aromatic N) is 2. The van der Waals surface area contributed by atoms with Gasteiger partial charge in [0.05, 0.1) is 0 Å². The number of ether oxygens (including phenoxy) is 1. The van der Waals surface area contributed by atoms with Crippen LogP contribution in [0.25, 0.3) is 0 Å². The van der Waals surface area contributed by atoms with Crippen LogP contribution in [-0.2, 0) is 11.2 Å². The van der Waals surface area contributed by atoms with E-state index in [9.17, 15) is 4.79 Å². The van der Waals surface area contributed by atoms with Crippen molar-refractivity contribution in [1.29, 1.82) is 0 Å². The summed E-state index contributed by atoms with van der Waals surface area (Å²) in [6.07, 6.45) is 3.21. The Kier molecular flexibility index (Phi) is 7.26. The molecule has 1 aliphatic heterocycles. The lowest BCUT2D eigenvalue weighted by molar-refractivity contribution is 0.00461. The van der Waals surface area contributed by atoms with Gasteiger partial charge in [-0.15, -0.1) is 0 Å². The molecule has 2 rings (SSSR count). The second-order valence-corrected chi connectivity index (χ2v) is 7.79. The molecule has 140 valence electrons. The molecule has 0 spiro atoms. The molecule has 1 amide bonds. The summed E-state index contributed by atoms with van der Waals surface area (Å²) >= 11 is 0. The minimum atomic E-state index is -0.454. The summed E-state index contributed by atoms with van der Waals surface area (Å²) in [6, 6.07) is 10.8. The number of hydrogen-bond donors (Lipinski definition) is 1. The first-order valence-corrected chi connectivity index (χ1v) is 9.35. The van der Waals surface area contributed by atoms with E-state index in [2.05, 4.69) is 35.2 Å². The fraction of sp³-hybridized carbons (Fsp3) is 0.650. The monoisotopic (exact) mass is 347 g/mol. The molecule has 0 bridgehead atoms. The Morgan fingerprint density at radius 3 is 2.56 bits per heavy atom. The Labute approximate surface area is 152 Å². The second-order valence-electron chi connectivity index (χ2n) is 7.79. The summed E-state index contributed by atoms with van der Waals surface area (Å²) in [5.74, 6) is 0. The highest BCUT2D eigenvalue weighted by molar-refractivity contribution is 5.68. The number of piperazine rings is 1. The maximum atomic E-state index is 12.2. The van der Waals surface area contributed by atoms with Crippen LogP contribution in [0.2, 0.25) is 0 Å². The van der Waals surface area contributed by atoms with Crippen LogP contribution in [0, 0.1) is 0 Å². The van der Waals surface area contributed by atoms with Gasteiger partial charge < -0.3 is 15.4 Å². The molecule has 1 aromatic rings. The quantitative estimate of drug-likeness (QED) is 0.804. The number of nitrogens with two attached hydrogens (primary N) is 1. The van der Waals surface area contributed by atoms with Gasteiger partial charge in [-0.3, -0.25) is 4.90 Å². The number of carbonyl (C=O) groups is 1. The molecular formula is C20H33N3O2. The lowest BCUT2D eigenvalue weighted by Gasteiger charge is -2.41. The number of aryl methyl sites for hydroxylation is 1. The number of rotatable bonds is 6. The molecule has 1 saturated heterocycles. The maximum Gasteiger partial charge on any atom is 0.410 e. The molecule has 1 heterocycles. The van der Waals surface area contributed by atoms with E-state index >= 15 is 0 Å². The van der Waals surface area contributed by atoms with Crippen molar-refractivity contribution in [1.82, 2.24) is 9.80 Å². The fourth-order valence-corrected chi connectivity index (χ4v) is 3.19. The number of amides is 1. The van der Waals surface area contributed by atoms with Crippen LogP contribution in [0.1, 0.15) is 39.2 Å². The van der Waals surface area contributed by atoms with E-state index < -0.39 is 5.60 Å². The third kappa shape index (κ3) is 6.67. The Morgan fingerprint density at radius 2 is 1.92 bits per heavy atom. The molecule has 0 radical (unpaired) electrons. The molecule has 0 aromatic heterocycles. The van der Waals surface area contributed by atoms with Crippen LogP contribution in [-0.4, -0.2) is 60.3 Å². The lowest BCUT2D eigenvalue weighted by Crippen LogP contribution is -2.57. The van der Waals surface area contributed by atoms with Crippen molar-refractivity contribution in [2.75, 3.05) is 32.7 Å². The van der Waals surface area contributed by atoms with Crippen LogP contribution in [0.4, 0.5) is 4.79 Å². The highest BCUT2D eigenvalue weighted by atomic mass is 16.6. The molecule has 1 aliphatic rings. The second kappa shape index (κ2) is 9.20. The Morgan fingerprint density at radius 1 is 1.20 bits per heavy atom. The van der Waals surface area contributed by atoms with Gasteiger partial charge in [0.1, 0.15) is 5.60 Å². The summed E-state index contributed by atoms with van der Waals surface area (Å²) in [4.78, 5) is 16.5. The number of carbonyl (C=O) groups excluding carboxylic acids is 1. The lowest BCUT2D eigenvalue weighted by atomic mass is 10.1. The first-order valence-electron chi connectivity index (χ1n) is 9.35. The molecule has 25 heavy (non-hydrogen) atoms. The maximum absolute atomic E-state index is 12.2. The van der Waals surface area contributed by atoms with Crippen LogP contribution >= 0.6 is 0 Å². The van der Waals surface area contributed by atoms with E-state index in [1.165, 1.54) is 12.0 Å². The van der Waals surface area contributed by atoms with Crippen molar-refractivity contribution >= 4 is 6.09 Å². The van der Waals surface area contributed by atoms with Crippen molar-refractivity contribution < 1.29 is 9.53 Å². The van der Waals surface area contributed by atoms with Gasteiger partial charge in [-0.05, 0) is 52.1 Å². The van der Waals surface area contributed by atoms with Crippen molar-refractivity contribution in [3.63, 3.8) is 0 Å². The zero-order valence-electron chi connectivity index (χ0n) is 15.9. The predicted molar refractivity (Wildman–Crippen MR) is 102 cm³/mol. The van der Waals surface area contributed by atoms with Gasteiger partial charge >= 0.3 is 6.09 Å². The van der Waals surface area contributed by atoms with Gasteiger partial charge in [-0.2, -0.15) is 0 Å². The van der Waals surface area contributed by atoms with E-state index in [-0.39, 0.29) is 12.1 Å². The molecule has 5 heteroatoms. The summed E-state index contributed by atoms with van der Waals surface area (Å²) in [5.41, 5.74) is 6.90. The summed E-state index contributed by atoms with van der Waals surface area (Å²) in [5, 5.41) is 0. The standard InChI is InChI=1S/C20H33N3O2/c1-20(2,3)25-19(24)23-14-13-22(18(15-21)16-23)12-8-7-11-17-9-5-4-6-10-17/h4-6,9-10,18H,7-8,11-16,21H2,1-3H3. The number of unbranched alkanes of at least 4 members (excludes halogenated alkanes) is 1. The molecule has 1 aromatic carbocycles. The molecule has 5 nitrogen and oxygen atoms in total. The van der Waals surface area contributed by atoms with Crippen LogP contribution in [0.15, 0.2) is 30.3 Å². The van der Waals surface area contributed by atoms with E-state index in [1.807, 2.05) is 20.8 Å². The number of benzene rings is 1. The van der Waals surface area contributed by atoms with Crippen molar-refractivity contribution in [3.05, 3.63) is 35.9 Å². The third-order valence-electron chi connectivity index (χ3n) is 4.53. The first kappa shape index (κ1) is 19.7. The topological polar surface area (TPSA) is 58.8 Å². The van der Waals surface area contributed by atoms with E-state index in [4.69, 9.17) is 10.5 Å². The Balaban J connectivity index is 1.75. The molecule has 1 unspecified atom stereocenters. The first-order chi connectivity index (χ1) is 11.9. The normalized spacial score (nSPS) is 19.0. The minimum absolute atomic E-state index is 0.220. The minimum Gasteiger partial charge on any atom is -0.444 e. The Hall–Kier alpha value is -1.59. The van der Waals surface area contributed by atoms with Crippen LogP contribution < -0.4 is 5.73 Å². The van der Waals surface area contributed by atoms with E-state index in [1.54, 1.807) is 4.90 Å². The molecule has 0 aliphatic carbocycles. The third-order valence-corrected chi connectivity index (χ3v) is 4.53. The average Bonchev–Trinajstić information content (AvgIpc) is 2.58. The smallest absolute Gasteiger partial charge is 0.410 e. The summed E-state index contributed by atoms with van der Waals surface area (Å²) in [6.45, 7) is 9.53. The number of hydrogen-bond acceptors (Lipinski definition) is 4. The zero-order valence-corrected chi connectivity index (χ0v) is 15.9. The van der Waals surface area contributed by atoms with Crippen LogP contribution in [0.3, 0.4) is 0 Å². The molecule has 1 atom stereocenters. The van der Waals surface area contributed by atoms with Gasteiger partial charge in [0, 0.05) is 32.2 Å². The average molecular weight is 348 g/mol. The molecule has 1 fully saturated rings. The highest BCUT2D eigenvalue weighted by Crippen LogP contribution is 2.15. The van der Waals surface area contributed by atoms with Crippen molar-refractivity contribution in [2.24, 2.45) is 5.73 Å². The largest absolute Gasteiger partial charge is 0.444 e. The van der Waals surface area contributed by atoms with Gasteiger partial charge in [-0.25, -0.2) is 4.79 Å². The van der Waals surface area contributed by atoms with Gasteiger partial charge in [0.2, 0.25) is 0 Å². The van der Waals surface area contributed by atoms with Crippen molar-refractivity contribution in [3.8, 4) is 0 Å². The van der Waals surface area contributed by atoms with Gasteiger partial charge in [-0.1, -0.05) is 30.3 Å². The fourth-order valence-electron chi connectivity index (χ4n) is 3.19. The molecule has 2 N–H and O–H groups in total. The van der Waals surface area contributed by atoms with Crippen LogP contribution in [0.5, 0.6) is 0 Å². The van der Waals surface area contributed by atoms with Crippen molar-refractivity contribution in [2.45, 2.75) is 51.7 Å². The molecule has 0 saturated carbocycles. The Bertz CT molecular complexity index is 527. The zero-order chi connectivity index (χ0) is 18.3. The SMILES string of the molecule is CC(C)(C)OC(=O)N1CCN(CCCCc2ccccc2)C(CN)C1. The van der Waals surface area contributed by atoms with E-state index in [0.717, 1.165) is 25.9 Å². The van der Waals surface area contributed by atoms with Gasteiger partial charge in [0.15, 0.2) is 0 Å². The van der Waals surface area contributed by atoms with Gasteiger partial charge in [0.25, 0.3) is 0 Å². The molecular weight excluding hydrogens is 314 g/mol. The predicted octanol–water partition coefficient (Wildman–Crippen LogP) is 2.89.